The summed E-state index contributed by atoms with van der Waals surface area (Å²) in [6, 6.07) is 9.80. The molecule has 1 nitrogen and oxygen atoms in total. The predicted octanol–water partition coefficient (Wildman–Crippen LogP) is 10.0. The van der Waals surface area contributed by atoms with Crippen LogP contribution in [0.25, 0.3) is 28.1 Å². The van der Waals surface area contributed by atoms with Gasteiger partial charge in [-0.25, -0.2) is 35.1 Å². The lowest BCUT2D eigenvalue weighted by atomic mass is 9.97. The van der Waals surface area contributed by atoms with Crippen molar-refractivity contribution in [1.29, 1.82) is 0 Å². The van der Waals surface area contributed by atoms with Crippen LogP contribution in [0.15, 0.2) is 72.6 Å². The maximum atomic E-state index is 14.9. The summed E-state index contributed by atoms with van der Waals surface area (Å²) < 4.78 is 145. The van der Waals surface area contributed by atoms with Gasteiger partial charge in [-0.05, 0) is 41.3 Å². The molecule has 0 aliphatic rings. The number of allylic oxidation sites excluding steroid dienone is 1. The molecular formula is C29H16F10O. The normalized spacial score (nSPS) is 12.4. The van der Waals surface area contributed by atoms with Crippen molar-refractivity contribution in [2.45, 2.75) is 19.5 Å². The Morgan fingerprint density at radius 1 is 0.650 bits per heavy atom. The molecule has 0 heterocycles. The predicted molar refractivity (Wildman–Crippen MR) is 127 cm³/mol. The molecule has 0 fully saturated rings. The zero-order valence-electron chi connectivity index (χ0n) is 20.2. The van der Waals surface area contributed by atoms with E-state index in [1.807, 2.05) is 0 Å². The average molecular weight is 570 g/mol. The zero-order valence-corrected chi connectivity index (χ0v) is 20.2. The van der Waals surface area contributed by atoms with Crippen LogP contribution in [-0.2, 0) is 6.11 Å². The number of hydrogen-bond acceptors (Lipinski definition) is 1. The van der Waals surface area contributed by atoms with Gasteiger partial charge in [-0.2, -0.15) is 8.78 Å². The summed E-state index contributed by atoms with van der Waals surface area (Å²) in [7, 11) is 0. The summed E-state index contributed by atoms with van der Waals surface area (Å²) in [6.45, 7) is 1.44. The van der Waals surface area contributed by atoms with Crippen LogP contribution in [0.3, 0.4) is 0 Å². The number of benzene rings is 4. The van der Waals surface area contributed by atoms with Crippen molar-refractivity contribution in [1.82, 2.24) is 0 Å². The fourth-order valence-corrected chi connectivity index (χ4v) is 3.85. The first-order chi connectivity index (χ1) is 18.8. The second kappa shape index (κ2) is 11.1. The van der Waals surface area contributed by atoms with E-state index < -0.39 is 69.5 Å². The molecule has 0 spiro atoms. The van der Waals surface area contributed by atoms with Gasteiger partial charge in [0, 0.05) is 23.3 Å². The Hall–Kier alpha value is -4.28. The average Bonchev–Trinajstić information content (AvgIpc) is 2.90. The Bertz CT molecular complexity index is 1560. The van der Waals surface area contributed by atoms with Crippen molar-refractivity contribution in [2.75, 3.05) is 0 Å². The first-order valence-electron chi connectivity index (χ1n) is 11.5. The summed E-state index contributed by atoms with van der Waals surface area (Å²) in [5, 5.41) is 0. The molecule has 0 aromatic heterocycles. The van der Waals surface area contributed by atoms with Crippen molar-refractivity contribution in [3.63, 3.8) is 0 Å². The first-order valence-corrected chi connectivity index (χ1v) is 11.5. The van der Waals surface area contributed by atoms with E-state index in [1.165, 1.54) is 37.3 Å². The van der Waals surface area contributed by atoms with Crippen LogP contribution in [0.2, 0.25) is 0 Å². The van der Waals surface area contributed by atoms with E-state index in [0.717, 1.165) is 12.1 Å². The number of alkyl halides is 2. The summed E-state index contributed by atoms with van der Waals surface area (Å²) >= 11 is 0. The van der Waals surface area contributed by atoms with Crippen molar-refractivity contribution >= 4 is 5.83 Å². The molecule has 0 N–H and O–H groups in total. The first kappa shape index (κ1) is 28.7. The van der Waals surface area contributed by atoms with Crippen molar-refractivity contribution in [3.05, 3.63) is 119 Å². The highest BCUT2D eigenvalue weighted by molar-refractivity contribution is 5.73. The lowest BCUT2D eigenvalue weighted by molar-refractivity contribution is -0.189. The number of ether oxygens (including phenoxy) is 1. The number of hydrogen-bond donors (Lipinski definition) is 0. The molecule has 0 bridgehead atoms. The molecule has 11 heteroatoms. The van der Waals surface area contributed by atoms with Gasteiger partial charge < -0.3 is 4.74 Å². The molecular weight excluding hydrogens is 554 g/mol. The molecule has 0 saturated heterocycles. The summed E-state index contributed by atoms with van der Waals surface area (Å²) in [5.74, 6) is -13.6. The van der Waals surface area contributed by atoms with Crippen LogP contribution < -0.4 is 4.74 Å². The Balaban J connectivity index is 1.63. The fraction of sp³-hybridized carbons (Fsp3) is 0.103. The standard InChI is InChI=1S/C29H16F10O/c1-2-20(30)27(36)15-5-3-14(4-6-15)16-7-8-19(21(31)9-16)17-10-22(32)26(23(33)11-17)29(38,39)40-18-12-24(34)28(37)25(35)13-18/h3-13H,2H2,1H3. The molecule has 0 unspecified atom stereocenters. The maximum absolute atomic E-state index is 14.9. The van der Waals surface area contributed by atoms with E-state index in [-0.39, 0.29) is 35.2 Å². The monoisotopic (exact) mass is 570 g/mol. The van der Waals surface area contributed by atoms with Crippen LogP contribution in [0.1, 0.15) is 24.5 Å². The molecule has 208 valence electrons. The SMILES string of the molecule is CCC(F)=C(F)c1ccc(-c2ccc(-c3cc(F)c(C(F)(F)Oc4cc(F)c(F)c(F)c4)c(F)c3)c(F)c2)cc1. The quantitative estimate of drug-likeness (QED) is 0.159. The zero-order chi connectivity index (χ0) is 29.4. The molecule has 0 saturated carbocycles. The van der Waals surface area contributed by atoms with Gasteiger partial charge in [0.25, 0.3) is 0 Å². The molecule has 0 atom stereocenters. The van der Waals surface area contributed by atoms with Crippen LogP contribution in [0.5, 0.6) is 5.75 Å². The van der Waals surface area contributed by atoms with Crippen molar-refractivity contribution < 1.29 is 48.6 Å². The molecule has 40 heavy (non-hydrogen) atoms. The second-order valence-electron chi connectivity index (χ2n) is 8.48. The highest BCUT2D eigenvalue weighted by Crippen LogP contribution is 2.38. The third kappa shape index (κ3) is 5.68. The van der Waals surface area contributed by atoms with Gasteiger partial charge in [0.1, 0.15) is 34.6 Å². The van der Waals surface area contributed by atoms with Gasteiger partial charge in [-0.15, -0.1) is 0 Å². The molecule has 4 aromatic rings. The molecule has 0 aliphatic carbocycles. The van der Waals surface area contributed by atoms with E-state index in [9.17, 15) is 43.9 Å². The largest absolute Gasteiger partial charge is 0.432 e. The van der Waals surface area contributed by atoms with Crippen LogP contribution in [-0.4, -0.2) is 0 Å². The van der Waals surface area contributed by atoms with E-state index in [2.05, 4.69) is 4.74 Å². The highest BCUT2D eigenvalue weighted by atomic mass is 19.3. The Morgan fingerprint density at radius 2 is 1.18 bits per heavy atom. The van der Waals surface area contributed by atoms with Crippen LogP contribution in [0.4, 0.5) is 43.9 Å². The van der Waals surface area contributed by atoms with Gasteiger partial charge in [-0.3, -0.25) is 0 Å². The van der Waals surface area contributed by atoms with E-state index in [4.69, 9.17) is 0 Å². The molecule has 4 aromatic carbocycles. The number of halogens is 10. The maximum Gasteiger partial charge on any atom is 0.432 e. The molecule has 0 amide bonds. The Kier molecular flexibility index (Phi) is 7.95. The topological polar surface area (TPSA) is 9.23 Å². The van der Waals surface area contributed by atoms with Crippen molar-refractivity contribution in [3.8, 4) is 28.0 Å². The van der Waals surface area contributed by atoms with Crippen molar-refractivity contribution in [2.24, 2.45) is 0 Å². The van der Waals surface area contributed by atoms with Gasteiger partial charge in [-0.1, -0.05) is 43.3 Å². The minimum absolute atomic E-state index is 0.0262. The van der Waals surface area contributed by atoms with Crippen LogP contribution >= 0.6 is 0 Å². The summed E-state index contributed by atoms with van der Waals surface area (Å²) in [6.07, 6.45) is -4.94. The summed E-state index contributed by atoms with van der Waals surface area (Å²) in [4.78, 5) is 0. The van der Waals surface area contributed by atoms with Gasteiger partial charge in [0.15, 0.2) is 23.3 Å². The van der Waals surface area contributed by atoms with E-state index >= 15 is 0 Å². The van der Waals surface area contributed by atoms with Gasteiger partial charge >= 0.3 is 6.11 Å². The summed E-state index contributed by atoms with van der Waals surface area (Å²) in [5.41, 5.74) is -2.12. The Labute approximate surface area is 221 Å². The lowest BCUT2D eigenvalue weighted by Gasteiger charge is -2.20. The number of rotatable bonds is 7. The molecule has 0 radical (unpaired) electrons. The van der Waals surface area contributed by atoms with E-state index in [0.29, 0.717) is 17.7 Å². The third-order valence-electron chi connectivity index (χ3n) is 5.84. The van der Waals surface area contributed by atoms with Crippen LogP contribution in [0, 0.1) is 34.9 Å². The van der Waals surface area contributed by atoms with E-state index in [1.54, 1.807) is 0 Å². The fourth-order valence-electron chi connectivity index (χ4n) is 3.85. The third-order valence-corrected chi connectivity index (χ3v) is 5.84. The minimum atomic E-state index is -4.80. The molecule has 0 aliphatic heterocycles. The van der Waals surface area contributed by atoms with Gasteiger partial charge in [0.05, 0.1) is 0 Å². The smallest absolute Gasteiger partial charge is 0.429 e. The van der Waals surface area contributed by atoms with Gasteiger partial charge in [0.2, 0.25) is 0 Å². The Morgan fingerprint density at radius 3 is 1.70 bits per heavy atom. The lowest BCUT2D eigenvalue weighted by Crippen LogP contribution is -2.25. The molecule has 4 rings (SSSR count). The minimum Gasteiger partial charge on any atom is -0.429 e. The highest BCUT2D eigenvalue weighted by Gasteiger charge is 2.41. The second-order valence-corrected chi connectivity index (χ2v) is 8.48.